The van der Waals surface area contributed by atoms with Crippen LogP contribution in [-0.4, -0.2) is 31.7 Å². The number of rotatable bonds is 19. The fourth-order valence-corrected chi connectivity index (χ4v) is 5.39. The average molecular weight is 496 g/mol. The molecule has 1 fully saturated rings. The predicted molar refractivity (Wildman–Crippen MR) is 159 cm³/mol. The number of allylic oxidation sites excluding steroid dienone is 4. The van der Waals surface area contributed by atoms with Gasteiger partial charge in [-0.05, 0) is 114 Å². The van der Waals surface area contributed by atoms with Crippen LogP contribution < -0.4 is 0 Å². The molecule has 1 unspecified atom stereocenters. The maximum absolute atomic E-state index is 6.01. The number of nitrogens with zero attached hydrogens (tertiary/aromatic N) is 1. The van der Waals surface area contributed by atoms with Crippen molar-refractivity contribution in [1.29, 1.82) is 0 Å². The van der Waals surface area contributed by atoms with E-state index in [2.05, 4.69) is 69.3 Å². The van der Waals surface area contributed by atoms with Crippen molar-refractivity contribution < 1.29 is 4.74 Å². The van der Waals surface area contributed by atoms with Gasteiger partial charge in [0.15, 0.2) is 0 Å². The van der Waals surface area contributed by atoms with Crippen molar-refractivity contribution in [1.82, 2.24) is 4.90 Å². The third-order valence-corrected chi connectivity index (χ3v) is 7.62. The first-order valence-electron chi connectivity index (χ1n) is 15.3. The minimum Gasteiger partial charge on any atom is -0.378 e. The Morgan fingerprint density at radius 1 is 0.833 bits per heavy atom. The van der Waals surface area contributed by atoms with Crippen LogP contribution in [0, 0.1) is 6.92 Å². The number of unbranched alkanes of at least 4 members (excludes halogenated alkanes) is 9. The smallest absolute Gasteiger partial charge is 0.0578 e. The Morgan fingerprint density at radius 2 is 1.47 bits per heavy atom. The summed E-state index contributed by atoms with van der Waals surface area (Å²) in [4.78, 5) is 2.29. The lowest BCUT2D eigenvalue weighted by Crippen LogP contribution is -2.20. The van der Waals surface area contributed by atoms with E-state index in [9.17, 15) is 0 Å². The molecule has 204 valence electrons. The zero-order chi connectivity index (χ0) is 25.8. The standard InChI is InChI=1S/C34H57NO/c1-5-6-7-8-9-10-11-12-13-14-15-16-17-18-19-22-32-27-31(29-35(3)4)28-33(30(32)2)24-25-34-23-20-21-26-36-34/h9-12,27-28,34H,5-8,13-26,29H2,1-4H3/b10-9+,12-11+. The third-order valence-electron chi connectivity index (χ3n) is 7.62. The second-order valence-electron chi connectivity index (χ2n) is 11.3. The molecule has 1 aromatic rings. The Morgan fingerprint density at radius 3 is 2.11 bits per heavy atom. The maximum Gasteiger partial charge on any atom is 0.0578 e. The Hall–Kier alpha value is -1.38. The summed E-state index contributed by atoms with van der Waals surface area (Å²) in [7, 11) is 4.35. The summed E-state index contributed by atoms with van der Waals surface area (Å²) in [5, 5.41) is 0. The Kier molecular flexibility index (Phi) is 16.9. The van der Waals surface area contributed by atoms with Gasteiger partial charge in [0.05, 0.1) is 6.10 Å². The van der Waals surface area contributed by atoms with Crippen molar-refractivity contribution in [2.45, 2.75) is 136 Å². The zero-order valence-corrected chi connectivity index (χ0v) is 24.3. The van der Waals surface area contributed by atoms with Gasteiger partial charge in [0.25, 0.3) is 0 Å². The number of hydrogen-bond donors (Lipinski definition) is 0. The fraction of sp³-hybridized carbons (Fsp3) is 0.706. The van der Waals surface area contributed by atoms with Crippen LogP contribution in [0.25, 0.3) is 0 Å². The second-order valence-corrected chi connectivity index (χ2v) is 11.3. The molecule has 1 aliphatic rings. The quantitative estimate of drug-likeness (QED) is 0.140. The van der Waals surface area contributed by atoms with Crippen molar-refractivity contribution >= 4 is 0 Å². The molecular weight excluding hydrogens is 438 g/mol. The lowest BCUT2D eigenvalue weighted by molar-refractivity contribution is 0.0115. The topological polar surface area (TPSA) is 12.5 Å². The molecule has 0 aromatic heterocycles. The molecule has 36 heavy (non-hydrogen) atoms. The number of benzene rings is 1. The Labute approximate surface area is 224 Å². The van der Waals surface area contributed by atoms with Gasteiger partial charge in [-0.1, -0.05) is 81.9 Å². The van der Waals surface area contributed by atoms with Crippen LogP contribution in [0.5, 0.6) is 0 Å². The normalized spacial score (nSPS) is 16.6. The van der Waals surface area contributed by atoms with E-state index >= 15 is 0 Å². The number of hydrogen-bond acceptors (Lipinski definition) is 2. The number of aryl methyl sites for hydroxylation is 2. The SMILES string of the molecule is CCCCC/C=C/C=C/CCCCCCCCc1cc(CN(C)C)cc(CCC2CCCCO2)c1C. The predicted octanol–water partition coefficient (Wildman–Crippen LogP) is 9.52. The van der Waals surface area contributed by atoms with Crippen LogP contribution in [0.3, 0.4) is 0 Å². The molecule has 2 rings (SSSR count). The van der Waals surface area contributed by atoms with Gasteiger partial charge in [0.1, 0.15) is 0 Å². The van der Waals surface area contributed by atoms with Crippen molar-refractivity contribution in [3.05, 3.63) is 58.7 Å². The lowest BCUT2D eigenvalue weighted by Gasteiger charge is -2.23. The molecule has 2 heteroatoms. The highest BCUT2D eigenvalue weighted by Crippen LogP contribution is 2.24. The van der Waals surface area contributed by atoms with E-state index in [0.29, 0.717) is 6.10 Å². The average Bonchev–Trinajstić information content (AvgIpc) is 2.87. The molecule has 0 aliphatic carbocycles. The zero-order valence-electron chi connectivity index (χ0n) is 24.3. The molecule has 0 radical (unpaired) electrons. The molecule has 2 nitrogen and oxygen atoms in total. The third kappa shape index (κ3) is 13.8. The molecular formula is C34H57NO. The van der Waals surface area contributed by atoms with Crippen molar-refractivity contribution in [2.75, 3.05) is 20.7 Å². The summed E-state index contributed by atoms with van der Waals surface area (Å²) in [6.45, 7) is 6.62. The summed E-state index contributed by atoms with van der Waals surface area (Å²) in [6, 6.07) is 4.96. The minimum atomic E-state index is 0.474. The molecule has 1 atom stereocenters. The molecule has 1 aliphatic heterocycles. The molecule has 0 N–H and O–H groups in total. The van der Waals surface area contributed by atoms with Crippen LogP contribution in [-0.2, 0) is 24.1 Å². The lowest BCUT2D eigenvalue weighted by atomic mass is 9.91. The summed E-state index contributed by atoms with van der Waals surface area (Å²) in [5.41, 5.74) is 6.16. The van der Waals surface area contributed by atoms with E-state index in [-0.39, 0.29) is 0 Å². The number of ether oxygens (including phenoxy) is 1. The first kappa shape index (κ1) is 30.8. The van der Waals surface area contributed by atoms with E-state index in [1.807, 2.05) is 0 Å². The van der Waals surface area contributed by atoms with Gasteiger partial charge in [-0.2, -0.15) is 0 Å². The Bertz CT molecular complexity index is 742. The summed E-state index contributed by atoms with van der Waals surface area (Å²) < 4.78 is 6.01. The fourth-order valence-electron chi connectivity index (χ4n) is 5.39. The molecule has 0 spiro atoms. The summed E-state index contributed by atoms with van der Waals surface area (Å²) in [6.07, 6.45) is 31.6. The first-order valence-corrected chi connectivity index (χ1v) is 15.3. The van der Waals surface area contributed by atoms with Crippen LogP contribution in [0.1, 0.15) is 125 Å². The van der Waals surface area contributed by atoms with Gasteiger partial charge in [-0.15, -0.1) is 0 Å². The highest BCUT2D eigenvalue weighted by molar-refractivity contribution is 5.39. The van der Waals surface area contributed by atoms with Crippen LogP contribution in [0.15, 0.2) is 36.4 Å². The van der Waals surface area contributed by atoms with Crippen LogP contribution >= 0.6 is 0 Å². The monoisotopic (exact) mass is 495 g/mol. The molecule has 1 saturated heterocycles. The Balaban J connectivity index is 1.67. The van der Waals surface area contributed by atoms with Gasteiger partial charge in [0.2, 0.25) is 0 Å². The summed E-state index contributed by atoms with van der Waals surface area (Å²) in [5.74, 6) is 0. The van der Waals surface area contributed by atoms with Gasteiger partial charge < -0.3 is 9.64 Å². The van der Waals surface area contributed by atoms with E-state index < -0.39 is 0 Å². The van der Waals surface area contributed by atoms with Crippen molar-refractivity contribution in [3.8, 4) is 0 Å². The van der Waals surface area contributed by atoms with Crippen molar-refractivity contribution in [2.24, 2.45) is 0 Å². The van der Waals surface area contributed by atoms with Crippen molar-refractivity contribution in [3.63, 3.8) is 0 Å². The summed E-state index contributed by atoms with van der Waals surface area (Å²) >= 11 is 0. The molecule has 0 amide bonds. The highest BCUT2D eigenvalue weighted by Gasteiger charge is 2.15. The van der Waals surface area contributed by atoms with E-state index in [4.69, 9.17) is 4.74 Å². The first-order chi connectivity index (χ1) is 17.6. The van der Waals surface area contributed by atoms with E-state index in [0.717, 1.165) is 19.6 Å². The van der Waals surface area contributed by atoms with Gasteiger partial charge in [-0.25, -0.2) is 0 Å². The highest BCUT2D eigenvalue weighted by atomic mass is 16.5. The van der Waals surface area contributed by atoms with Gasteiger partial charge in [0, 0.05) is 13.2 Å². The van der Waals surface area contributed by atoms with Gasteiger partial charge in [-0.3, -0.25) is 0 Å². The van der Waals surface area contributed by atoms with Crippen LogP contribution in [0.4, 0.5) is 0 Å². The molecule has 1 aromatic carbocycles. The largest absolute Gasteiger partial charge is 0.378 e. The van der Waals surface area contributed by atoms with E-state index in [1.165, 1.54) is 108 Å². The molecule has 0 bridgehead atoms. The van der Waals surface area contributed by atoms with Gasteiger partial charge >= 0.3 is 0 Å². The molecule has 0 saturated carbocycles. The maximum atomic E-state index is 6.01. The molecule has 1 heterocycles. The van der Waals surface area contributed by atoms with Crippen LogP contribution in [0.2, 0.25) is 0 Å². The minimum absolute atomic E-state index is 0.474. The van der Waals surface area contributed by atoms with E-state index in [1.54, 1.807) is 16.7 Å². The second kappa shape index (κ2) is 19.7.